The molecule has 0 amide bonds. The number of likely N-dealkylation sites (N-methyl/N-ethyl adjacent to an activating group) is 1. The number of piperazine rings is 1. The molecule has 0 bridgehead atoms. The van der Waals surface area contributed by atoms with Gasteiger partial charge in [0.15, 0.2) is 11.5 Å². The molecule has 204 valence electrons. The Morgan fingerprint density at radius 2 is 1.95 bits per heavy atom. The maximum absolute atomic E-state index is 13.3. The number of fused-ring (bicyclic) bond motifs is 2. The maximum atomic E-state index is 13.3. The summed E-state index contributed by atoms with van der Waals surface area (Å²) in [5.41, 5.74) is 3.44. The van der Waals surface area contributed by atoms with E-state index in [2.05, 4.69) is 45.9 Å². The summed E-state index contributed by atoms with van der Waals surface area (Å²) in [5.74, 6) is 0.971. The van der Waals surface area contributed by atoms with Gasteiger partial charge in [0.1, 0.15) is 11.0 Å². The van der Waals surface area contributed by atoms with Crippen LogP contribution in [-0.4, -0.2) is 72.4 Å². The van der Waals surface area contributed by atoms with Gasteiger partial charge in [-0.25, -0.2) is 19.3 Å². The van der Waals surface area contributed by atoms with E-state index in [4.69, 9.17) is 9.97 Å². The largest absolute Gasteiger partial charge is 0.384 e. The lowest BCUT2D eigenvalue weighted by Crippen LogP contribution is -2.44. The topological polar surface area (TPSA) is 104 Å². The van der Waals surface area contributed by atoms with E-state index in [-0.39, 0.29) is 5.56 Å². The third-order valence-corrected chi connectivity index (χ3v) is 8.30. The van der Waals surface area contributed by atoms with Crippen LogP contribution in [-0.2, 0) is 18.6 Å². The van der Waals surface area contributed by atoms with E-state index in [0.717, 1.165) is 56.7 Å². The van der Waals surface area contributed by atoms with E-state index in [1.807, 2.05) is 19.1 Å². The molecular formula is C29H36N8O2. The standard InChI is InChI=1S/C29H36N8O2/c1-4-14-36-27(38)23-19-30-28(31-21-7-9-22(10-8-21)35-17-15-34(3)16-18-35)33-26(23)37(36)24-11-6-20-12-13-29(39,5-2)25(20)32-24/h4,6-7,9,11,19,39H,1,5,8,10,12-18H2,2-3H3,(H,30,31,33)/t29-/m1/s1. The Morgan fingerprint density at radius 1 is 1.13 bits per heavy atom. The van der Waals surface area contributed by atoms with Gasteiger partial charge in [0.2, 0.25) is 5.95 Å². The summed E-state index contributed by atoms with van der Waals surface area (Å²) in [6.07, 6.45) is 11.4. The molecule has 1 aliphatic heterocycles. The zero-order chi connectivity index (χ0) is 27.1. The van der Waals surface area contributed by atoms with Gasteiger partial charge in [0.05, 0.1) is 12.2 Å². The first kappa shape index (κ1) is 25.5. The molecule has 3 aliphatic rings. The number of aryl methyl sites for hydroxylation is 1. The molecular weight excluding hydrogens is 492 g/mol. The highest BCUT2D eigenvalue weighted by molar-refractivity contribution is 5.76. The highest BCUT2D eigenvalue weighted by Gasteiger charge is 2.37. The quantitative estimate of drug-likeness (QED) is 0.451. The van der Waals surface area contributed by atoms with Crippen LogP contribution in [0.5, 0.6) is 0 Å². The number of pyridine rings is 1. The van der Waals surface area contributed by atoms with Crippen LogP contribution in [0.25, 0.3) is 16.9 Å². The second kappa shape index (κ2) is 10.1. The van der Waals surface area contributed by atoms with Crippen LogP contribution in [0.1, 0.15) is 43.9 Å². The molecule has 0 radical (unpaired) electrons. The maximum Gasteiger partial charge on any atom is 0.278 e. The van der Waals surface area contributed by atoms with Crippen molar-refractivity contribution in [3.05, 3.63) is 76.1 Å². The van der Waals surface area contributed by atoms with Crippen LogP contribution in [0.3, 0.4) is 0 Å². The van der Waals surface area contributed by atoms with E-state index >= 15 is 0 Å². The zero-order valence-electron chi connectivity index (χ0n) is 22.7. The Hall–Kier alpha value is -3.76. The summed E-state index contributed by atoms with van der Waals surface area (Å²) in [6, 6.07) is 3.89. The molecule has 1 fully saturated rings. The monoisotopic (exact) mass is 528 g/mol. The van der Waals surface area contributed by atoms with Crippen molar-refractivity contribution in [1.29, 1.82) is 0 Å². The number of allylic oxidation sites excluding steroid dienone is 5. The number of aliphatic hydroxyl groups is 1. The van der Waals surface area contributed by atoms with Gasteiger partial charge >= 0.3 is 0 Å². The smallest absolute Gasteiger partial charge is 0.278 e. The average Bonchev–Trinajstić information content (AvgIpc) is 3.43. The fraction of sp³-hybridized carbons (Fsp3) is 0.448. The molecule has 2 aliphatic carbocycles. The minimum atomic E-state index is -0.955. The highest BCUT2D eigenvalue weighted by atomic mass is 16.3. The first-order valence-corrected chi connectivity index (χ1v) is 13.8. The Labute approximate surface area is 228 Å². The lowest BCUT2D eigenvalue weighted by molar-refractivity contribution is 0.0306. The van der Waals surface area contributed by atoms with Gasteiger partial charge in [0, 0.05) is 43.8 Å². The van der Waals surface area contributed by atoms with Crippen molar-refractivity contribution < 1.29 is 5.11 Å². The van der Waals surface area contributed by atoms with Crippen molar-refractivity contribution in [2.24, 2.45) is 0 Å². The molecule has 1 atom stereocenters. The van der Waals surface area contributed by atoms with Gasteiger partial charge < -0.3 is 20.2 Å². The summed E-state index contributed by atoms with van der Waals surface area (Å²) in [6.45, 7) is 10.4. The number of anilines is 1. The molecule has 10 heteroatoms. The van der Waals surface area contributed by atoms with Crippen LogP contribution < -0.4 is 10.9 Å². The van der Waals surface area contributed by atoms with Crippen LogP contribution in [0.2, 0.25) is 0 Å². The van der Waals surface area contributed by atoms with Crippen molar-refractivity contribution in [2.45, 2.75) is 51.2 Å². The van der Waals surface area contributed by atoms with E-state index in [1.54, 1.807) is 21.6 Å². The molecule has 10 nitrogen and oxygen atoms in total. The van der Waals surface area contributed by atoms with Crippen LogP contribution >= 0.6 is 0 Å². The van der Waals surface area contributed by atoms with Crippen molar-refractivity contribution >= 4 is 17.0 Å². The fourth-order valence-electron chi connectivity index (χ4n) is 5.84. The molecule has 3 aromatic rings. The van der Waals surface area contributed by atoms with Gasteiger partial charge in [-0.05, 0) is 62.9 Å². The third kappa shape index (κ3) is 4.57. The minimum Gasteiger partial charge on any atom is -0.384 e. The molecule has 0 spiro atoms. The summed E-state index contributed by atoms with van der Waals surface area (Å²) in [5, 5.41) is 14.9. The molecule has 39 heavy (non-hydrogen) atoms. The van der Waals surface area contributed by atoms with Crippen LogP contribution in [0.4, 0.5) is 5.95 Å². The lowest BCUT2D eigenvalue weighted by Gasteiger charge is -2.36. The second-order valence-electron chi connectivity index (χ2n) is 10.7. The zero-order valence-corrected chi connectivity index (χ0v) is 22.7. The molecule has 4 heterocycles. The van der Waals surface area contributed by atoms with Crippen LogP contribution in [0, 0.1) is 0 Å². The number of nitrogens with zero attached hydrogens (tertiary/aromatic N) is 7. The Bertz CT molecular complexity index is 1540. The van der Waals surface area contributed by atoms with E-state index in [9.17, 15) is 9.90 Å². The third-order valence-electron chi connectivity index (χ3n) is 8.30. The summed E-state index contributed by atoms with van der Waals surface area (Å²) < 4.78 is 3.29. The number of hydrogen-bond donors (Lipinski definition) is 2. The molecule has 0 unspecified atom stereocenters. The van der Waals surface area contributed by atoms with Crippen molar-refractivity contribution in [1.82, 2.24) is 34.1 Å². The van der Waals surface area contributed by atoms with Crippen molar-refractivity contribution in [3.63, 3.8) is 0 Å². The molecule has 1 saturated heterocycles. The second-order valence-corrected chi connectivity index (χ2v) is 10.7. The molecule has 6 rings (SSSR count). The number of aromatic nitrogens is 5. The van der Waals surface area contributed by atoms with Crippen molar-refractivity contribution in [2.75, 3.05) is 38.5 Å². The minimum absolute atomic E-state index is 0.207. The number of hydrogen-bond acceptors (Lipinski definition) is 8. The van der Waals surface area contributed by atoms with Gasteiger partial charge in [0.25, 0.3) is 5.56 Å². The summed E-state index contributed by atoms with van der Waals surface area (Å²) >= 11 is 0. The average molecular weight is 529 g/mol. The Kier molecular flexibility index (Phi) is 6.60. The van der Waals surface area contributed by atoms with Gasteiger partial charge in [-0.1, -0.05) is 19.1 Å². The SMILES string of the molecule is C=CCn1c(=O)c2cnc(NC3=CC=C(N4CCN(C)CC4)CC3)nc2n1-c1ccc2c(n1)[C@@](O)(CC)CC2. The normalized spacial score (nSPS) is 21.6. The summed E-state index contributed by atoms with van der Waals surface area (Å²) in [4.78, 5) is 32.3. The van der Waals surface area contributed by atoms with E-state index in [1.165, 1.54) is 5.70 Å². The number of rotatable bonds is 7. The predicted molar refractivity (Wildman–Crippen MR) is 152 cm³/mol. The Morgan fingerprint density at radius 3 is 2.67 bits per heavy atom. The molecule has 0 aromatic carbocycles. The number of nitrogens with one attached hydrogen (secondary N) is 1. The van der Waals surface area contributed by atoms with E-state index < -0.39 is 5.60 Å². The molecule has 2 N–H and O–H groups in total. The summed E-state index contributed by atoms with van der Waals surface area (Å²) in [7, 11) is 2.17. The van der Waals surface area contributed by atoms with Crippen molar-refractivity contribution in [3.8, 4) is 5.82 Å². The van der Waals surface area contributed by atoms with E-state index in [0.29, 0.717) is 47.9 Å². The first-order chi connectivity index (χ1) is 18.9. The first-order valence-electron chi connectivity index (χ1n) is 13.8. The Balaban J connectivity index is 1.35. The lowest BCUT2D eigenvalue weighted by atomic mass is 9.98. The molecule has 0 saturated carbocycles. The van der Waals surface area contributed by atoms with Gasteiger partial charge in [-0.15, -0.1) is 6.58 Å². The van der Waals surface area contributed by atoms with Gasteiger partial charge in [-0.3, -0.25) is 4.79 Å². The van der Waals surface area contributed by atoms with Crippen LogP contribution in [0.15, 0.2) is 59.3 Å². The molecule has 3 aromatic heterocycles. The van der Waals surface area contributed by atoms with Gasteiger partial charge in [-0.2, -0.15) is 4.98 Å². The fourth-order valence-corrected chi connectivity index (χ4v) is 5.84. The predicted octanol–water partition coefficient (Wildman–Crippen LogP) is 2.93. The highest BCUT2D eigenvalue weighted by Crippen LogP contribution is 2.38.